The van der Waals surface area contributed by atoms with Crippen molar-refractivity contribution in [3.8, 4) is 0 Å². The number of hydrogen-bond acceptors (Lipinski definition) is 5. The maximum absolute atomic E-state index is 11.0. The first-order valence-corrected chi connectivity index (χ1v) is 5.44. The molecule has 1 rings (SSSR count). The van der Waals surface area contributed by atoms with E-state index in [-0.39, 0.29) is 5.97 Å². The number of aryl methyl sites for hydroxylation is 1. The Morgan fingerprint density at radius 2 is 2.44 bits per heavy atom. The van der Waals surface area contributed by atoms with Crippen LogP contribution in [0.3, 0.4) is 0 Å². The lowest BCUT2D eigenvalue weighted by Gasteiger charge is -2.04. The summed E-state index contributed by atoms with van der Waals surface area (Å²) in [5.74, 6) is -0.133. The summed E-state index contributed by atoms with van der Waals surface area (Å²) in [6, 6.07) is 0. The van der Waals surface area contributed by atoms with Crippen molar-refractivity contribution in [2.75, 3.05) is 13.2 Å². The Balaban J connectivity index is 2.04. The SMILES string of the molecule is CCOC(=O)CCCNCc1cnnn1C. The van der Waals surface area contributed by atoms with Crippen molar-refractivity contribution in [3.05, 3.63) is 11.9 Å². The number of rotatable bonds is 7. The highest BCUT2D eigenvalue weighted by molar-refractivity contribution is 5.69. The predicted octanol–water partition coefficient (Wildman–Crippen LogP) is 0.248. The predicted molar refractivity (Wildman–Crippen MR) is 58.6 cm³/mol. The van der Waals surface area contributed by atoms with Gasteiger partial charge < -0.3 is 10.1 Å². The van der Waals surface area contributed by atoms with E-state index in [4.69, 9.17) is 4.74 Å². The van der Waals surface area contributed by atoms with E-state index in [9.17, 15) is 4.79 Å². The Morgan fingerprint density at radius 3 is 3.06 bits per heavy atom. The lowest BCUT2D eigenvalue weighted by Crippen LogP contribution is -2.18. The molecular weight excluding hydrogens is 208 g/mol. The summed E-state index contributed by atoms with van der Waals surface area (Å²) in [7, 11) is 1.85. The summed E-state index contributed by atoms with van der Waals surface area (Å²) in [6.45, 7) is 3.76. The molecule has 0 aliphatic rings. The lowest BCUT2D eigenvalue weighted by atomic mass is 10.3. The Hall–Kier alpha value is -1.43. The topological polar surface area (TPSA) is 69.0 Å². The molecule has 1 aromatic rings. The van der Waals surface area contributed by atoms with Gasteiger partial charge in [-0.15, -0.1) is 5.10 Å². The average molecular weight is 226 g/mol. The van der Waals surface area contributed by atoms with Gasteiger partial charge in [-0.2, -0.15) is 0 Å². The minimum atomic E-state index is -0.133. The largest absolute Gasteiger partial charge is 0.466 e. The Labute approximate surface area is 95.0 Å². The van der Waals surface area contributed by atoms with Crippen molar-refractivity contribution in [2.45, 2.75) is 26.3 Å². The van der Waals surface area contributed by atoms with Crippen LogP contribution in [0.25, 0.3) is 0 Å². The van der Waals surface area contributed by atoms with Crippen molar-refractivity contribution in [2.24, 2.45) is 7.05 Å². The molecular formula is C10H18N4O2. The number of ether oxygens (including phenoxy) is 1. The van der Waals surface area contributed by atoms with Crippen molar-refractivity contribution in [1.29, 1.82) is 0 Å². The fourth-order valence-corrected chi connectivity index (χ4v) is 1.28. The number of nitrogens with zero attached hydrogens (tertiary/aromatic N) is 3. The smallest absolute Gasteiger partial charge is 0.305 e. The zero-order valence-electron chi connectivity index (χ0n) is 9.77. The molecule has 0 fully saturated rings. The summed E-state index contributed by atoms with van der Waals surface area (Å²) >= 11 is 0. The molecule has 16 heavy (non-hydrogen) atoms. The quantitative estimate of drug-likeness (QED) is 0.533. The number of esters is 1. The molecule has 0 atom stereocenters. The molecule has 0 aromatic carbocycles. The average Bonchev–Trinajstić information content (AvgIpc) is 2.64. The van der Waals surface area contributed by atoms with E-state index in [2.05, 4.69) is 15.6 Å². The highest BCUT2D eigenvalue weighted by atomic mass is 16.5. The maximum Gasteiger partial charge on any atom is 0.305 e. The molecule has 0 saturated heterocycles. The third-order valence-electron chi connectivity index (χ3n) is 2.15. The molecule has 0 amide bonds. The van der Waals surface area contributed by atoms with Crippen LogP contribution in [0.2, 0.25) is 0 Å². The van der Waals surface area contributed by atoms with E-state index >= 15 is 0 Å². The van der Waals surface area contributed by atoms with E-state index in [1.54, 1.807) is 10.9 Å². The van der Waals surface area contributed by atoms with E-state index in [1.807, 2.05) is 14.0 Å². The van der Waals surface area contributed by atoms with E-state index in [1.165, 1.54) is 0 Å². The van der Waals surface area contributed by atoms with Gasteiger partial charge in [-0.05, 0) is 19.9 Å². The third kappa shape index (κ3) is 4.39. The lowest BCUT2D eigenvalue weighted by molar-refractivity contribution is -0.143. The Morgan fingerprint density at radius 1 is 1.62 bits per heavy atom. The third-order valence-corrected chi connectivity index (χ3v) is 2.15. The highest BCUT2D eigenvalue weighted by Gasteiger charge is 2.01. The molecule has 0 radical (unpaired) electrons. The Kier molecular flexibility index (Phi) is 5.49. The first-order chi connectivity index (χ1) is 7.74. The molecule has 0 spiro atoms. The van der Waals surface area contributed by atoms with Crippen LogP contribution in [-0.4, -0.2) is 34.1 Å². The monoisotopic (exact) mass is 226 g/mol. The summed E-state index contributed by atoms with van der Waals surface area (Å²) in [5, 5.41) is 10.8. The van der Waals surface area contributed by atoms with Crippen LogP contribution in [0.15, 0.2) is 6.20 Å². The number of aromatic nitrogens is 3. The molecule has 1 aromatic heterocycles. The zero-order chi connectivity index (χ0) is 11.8. The summed E-state index contributed by atoms with van der Waals surface area (Å²) < 4.78 is 6.54. The van der Waals surface area contributed by atoms with Gasteiger partial charge in [0.05, 0.1) is 18.5 Å². The van der Waals surface area contributed by atoms with Gasteiger partial charge in [-0.3, -0.25) is 9.48 Å². The highest BCUT2D eigenvalue weighted by Crippen LogP contribution is 1.94. The van der Waals surface area contributed by atoms with Crippen LogP contribution in [0, 0.1) is 0 Å². The Bertz CT molecular complexity index is 324. The van der Waals surface area contributed by atoms with E-state index < -0.39 is 0 Å². The number of carbonyl (C=O) groups excluding carboxylic acids is 1. The summed E-state index contributed by atoms with van der Waals surface area (Å²) in [4.78, 5) is 11.0. The zero-order valence-corrected chi connectivity index (χ0v) is 9.77. The second-order valence-corrected chi connectivity index (χ2v) is 3.43. The first-order valence-electron chi connectivity index (χ1n) is 5.44. The molecule has 0 unspecified atom stereocenters. The fourth-order valence-electron chi connectivity index (χ4n) is 1.28. The molecule has 1 heterocycles. The summed E-state index contributed by atoms with van der Waals surface area (Å²) in [6.07, 6.45) is 2.97. The van der Waals surface area contributed by atoms with Gasteiger partial charge in [0, 0.05) is 20.0 Å². The van der Waals surface area contributed by atoms with Crippen molar-refractivity contribution in [1.82, 2.24) is 20.3 Å². The van der Waals surface area contributed by atoms with Gasteiger partial charge in [-0.25, -0.2) is 0 Å². The number of hydrogen-bond donors (Lipinski definition) is 1. The van der Waals surface area contributed by atoms with E-state index in [0.717, 1.165) is 18.7 Å². The molecule has 1 N–H and O–H groups in total. The van der Waals surface area contributed by atoms with E-state index in [0.29, 0.717) is 19.6 Å². The molecule has 6 nitrogen and oxygen atoms in total. The standard InChI is InChI=1S/C10H18N4O2/c1-3-16-10(15)5-4-6-11-7-9-8-12-13-14(9)2/h8,11H,3-7H2,1-2H3. The number of nitrogens with one attached hydrogen (secondary N) is 1. The number of carbonyl (C=O) groups is 1. The fraction of sp³-hybridized carbons (Fsp3) is 0.700. The second-order valence-electron chi connectivity index (χ2n) is 3.43. The van der Waals surface area contributed by atoms with Crippen LogP contribution in [0.1, 0.15) is 25.5 Å². The molecule has 6 heteroatoms. The van der Waals surface area contributed by atoms with Crippen molar-refractivity contribution < 1.29 is 9.53 Å². The van der Waals surface area contributed by atoms with Gasteiger partial charge in [0.15, 0.2) is 0 Å². The van der Waals surface area contributed by atoms with Crippen LogP contribution in [0.5, 0.6) is 0 Å². The molecule has 0 aliphatic carbocycles. The molecule has 0 bridgehead atoms. The molecule has 90 valence electrons. The second kappa shape index (κ2) is 6.95. The molecule has 0 aliphatic heterocycles. The minimum absolute atomic E-state index is 0.133. The molecule has 0 saturated carbocycles. The minimum Gasteiger partial charge on any atom is -0.466 e. The normalized spacial score (nSPS) is 10.4. The van der Waals surface area contributed by atoms with Crippen LogP contribution < -0.4 is 5.32 Å². The van der Waals surface area contributed by atoms with Gasteiger partial charge in [0.1, 0.15) is 0 Å². The summed E-state index contributed by atoms with van der Waals surface area (Å²) in [5.41, 5.74) is 1.02. The van der Waals surface area contributed by atoms with Crippen molar-refractivity contribution in [3.63, 3.8) is 0 Å². The van der Waals surface area contributed by atoms with Gasteiger partial charge in [0.25, 0.3) is 0 Å². The van der Waals surface area contributed by atoms with Gasteiger partial charge >= 0.3 is 5.97 Å². The van der Waals surface area contributed by atoms with Gasteiger partial charge in [0.2, 0.25) is 0 Å². The van der Waals surface area contributed by atoms with Crippen LogP contribution in [0.4, 0.5) is 0 Å². The maximum atomic E-state index is 11.0. The van der Waals surface area contributed by atoms with Crippen LogP contribution >= 0.6 is 0 Å². The van der Waals surface area contributed by atoms with Crippen LogP contribution in [-0.2, 0) is 23.1 Å². The van der Waals surface area contributed by atoms with Gasteiger partial charge in [-0.1, -0.05) is 5.21 Å². The first kappa shape index (κ1) is 12.6. The van der Waals surface area contributed by atoms with Crippen molar-refractivity contribution >= 4 is 5.97 Å².